The van der Waals surface area contributed by atoms with E-state index < -0.39 is 0 Å². The van der Waals surface area contributed by atoms with Crippen LogP contribution in [0.3, 0.4) is 0 Å². The second-order valence-electron chi connectivity index (χ2n) is 5.07. The first-order valence-corrected chi connectivity index (χ1v) is 8.02. The first-order valence-electron chi connectivity index (χ1n) is 7.23. The van der Waals surface area contributed by atoms with Crippen molar-refractivity contribution in [3.63, 3.8) is 0 Å². The molecule has 0 radical (unpaired) electrons. The highest BCUT2D eigenvalue weighted by molar-refractivity contribution is 9.10. The lowest BCUT2D eigenvalue weighted by Crippen LogP contribution is -2.23. The number of ether oxygens (including phenoxy) is 1. The molecule has 2 nitrogen and oxygen atoms in total. The highest BCUT2D eigenvalue weighted by Crippen LogP contribution is 2.32. The topological polar surface area (TPSA) is 21.3 Å². The van der Waals surface area contributed by atoms with Crippen LogP contribution in [0, 0.1) is 5.92 Å². The molecule has 1 aromatic carbocycles. The van der Waals surface area contributed by atoms with E-state index in [1.165, 1.54) is 18.4 Å². The molecule has 108 valence electrons. The number of hydrogen-bond donors (Lipinski definition) is 1. The van der Waals surface area contributed by atoms with Crippen LogP contribution in [0.4, 0.5) is 0 Å². The van der Waals surface area contributed by atoms with Crippen LogP contribution in [0.25, 0.3) is 0 Å². The molecule has 0 aliphatic rings. The third-order valence-electron chi connectivity index (χ3n) is 3.40. The van der Waals surface area contributed by atoms with Crippen LogP contribution < -0.4 is 10.1 Å². The standard InChI is InChI=1S/C16H26BrNO/c1-5-7-12(3)16(18-4)13-8-9-15(14(17)11-13)19-10-6-2/h8-9,11-12,16,18H,5-7,10H2,1-4H3. The molecule has 0 heterocycles. The van der Waals surface area contributed by atoms with Crippen LogP contribution >= 0.6 is 15.9 Å². The maximum Gasteiger partial charge on any atom is 0.133 e. The Balaban J connectivity index is 2.85. The van der Waals surface area contributed by atoms with Crippen molar-refractivity contribution in [2.24, 2.45) is 5.92 Å². The number of rotatable bonds is 8. The van der Waals surface area contributed by atoms with Crippen molar-refractivity contribution in [1.29, 1.82) is 0 Å². The minimum absolute atomic E-state index is 0.400. The van der Waals surface area contributed by atoms with Crippen LogP contribution in [0.5, 0.6) is 5.75 Å². The Morgan fingerprint density at radius 1 is 1.26 bits per heavy atom. The van der Waals surface area contributed by atoms with Crippen molar-refractivity contribution >= 4 is 15.9 Å². The van der Waals surface area contributed by atoms with Gasteiger partial charge in [-0.05, 0) is 59.4 Å². The number of halogens is 1. The van der Waals surface area contributed by atoms with Gasteiger partial charge >= 0.3 is 0 Å². The number of benzene rings is 1. The van der Waals surface area contributed by atoms with E-state index in [4.69, 9.17) is 4.74 Å². The molecule has 1 aromatic rings. The van der Waals surface area contributed by atoms with Crippen molar-refractivity contribution in [3.05, 3.63) is 28.2 Å². The monoisotopic (exact) mass is 327 g/mol. The van der Waals surface area contributed by atoms with Crippen molar-refractivity contribution in [2.75, 3.05) is 13.7 Å². The van der Waals surface area contributed by atoms with Gasteiger partial charge < -0.3 is 10.1 Å². The molecule has 0 aliphatic carbocycles. The fraction of sp³-hybridized carbons (Fsp3) is 0.625. The summed E-state index contributed by atoms with van der Waals surface area (Å²) in [5, 5.41) is 3.43. The summed E-state index contributed by atoms with van der Waals surface area (Å²) in [6.45, 7) is 7.42. The van der Waals surface area contributed by atoms with Crippen molar-refractivity contribution < 1.29 is 4.74 Å². The van der Waals surface area contributed by atoms with Gasteiger partial charge in [-0.25, -0.2) is 0 Å². The predicted octanol–water partition coefficient (Wildman–Crippen LogP) is 4.93. The van der Waals surface area contributed by atoms with E-state index >= 15 is 0 Å². The van der Waals surface area contributed by atoms with Crippen LogP contribution in [-0.2, 0) is 0 Å². The number of hydrogen-bond acceptors (Lipinski definition) is 2. The molecule has 1 N–H and O–H groups in total. The quantitative estimate of drug-likeness (QED) is 0.730. The van der Waals surface area contributed by atoms with Gasteiger partial charge in [-0.1, -0.05) is 33.3 Å². The summed E-state index contributed by atoms with van der Waals surface area (Å²) in [5.74, 6) is 1.56. The lowest BCUT2D eigenvalue weighted by Gasteiger charge is -2.24. The Labute approximate surface area is 126 Å². The first kappa shape index (κ1) is 16.5. The molecule has 1 rings (SSSR count). The average molecular weight is 328 g/mol. The minimum atomic E-state index is 0.400. The van der Waals surface area contributed by atoms with E-state index in [1.54, 1.807) is 0 Å². The summed E-state index contributed by atoms with van der Waals surface area (Å²) in [7, 11) is 2.03. The van der Waals surface area contributed by atoms with Gasteiger partial charge in [-0.2, -0.15) is 0 Å². The fourth-order valence-corrected chi connectivity index (χ4v) is 2.95. The van der Waals surface area contributed by atoms with Gasteiger partial charge in [0.15, 0.2) is 0 Å². The Bertz CT molecular complexity index is 381. The van der Waals surface area contributed by atoms with E-state index in [9.17, 15) is 0 Å². The van der Waals surface area contributed by atoms with E-state index in [0.717, 1.165) is 23.2 Å². The maximum absolute atomic E-state index is 5.70. The predicted molar refractivity (Wildman–Crippen MR) is 85.8 cm³/mol. The lowest BCUT2D eigenvalue weighted by atomic mass is 9.91. The minimum Gasteiger partial charge on any atom is -0.492 e. The molecule has 3 heteroatoms. The normalized spacial score (nSPS) is 14.2. The van der Waals surface area contributed by atoms with Gasteiger partial charge in [0, 0.05) is 6.04 Å². The molecule has 0 saturated carbocycles. The van der Waals surface area contributed by atoms with Gasteiger partial charge in [0.05, 0.1) is 11.1 Å². The van der Waals surface area contributed by atoms with Crippen LogP contribution in [0.1, 0.15) is 51.6 Å². The van der Waals surface area contributed by atoms with Crippen molar-refractivity contribution in [3.8, 4) is 5.75 Å². The number of nitrogens with one attached hydrogen (secondary N) is 1. The Morgan fingerprint density at radius 2 is 2.00 bits per heavy atom. The van der Waals surface area contributed by atoms with E-state index in [1.807, 2.05) is 7.05 Å². The third kappa shape index (κ3) is 4.81. The Morgan fingerprint density at radius 3 is 2.53 bits per heavy atom. The molecule has 0 bridgehead atoms. The average Bonchev–Trinajstić information content (AvgIpc) is 2.39. The van der Waals surface area contributed by atoms with E-state index in [-0.39, 0.29) is 0 Å². The molecule has 0 saturated heterocycles. The van der Waals surface area contributed by atoms with Gasteiger partial charge in [0.1, 0.15) is 5.75 Å². The van der Waals surface area contributed by atoms with Gasteiger partial charge in [-0.3, -0.25) is 0 Å². The zero-order valence-corrected chi connectivity index (χ0v) is 14.1. The van der Waals surface area contributed by atoms with E-state index in [0.29, 0.717) is 12.0 Å². The molecule has 0 spiro atoms. The largest absolute Gasteiger partial charge is 0.492 e. The fourth-order valence-electron chi connectivity index (χ4n) is 2.44. The highest BCUT2D eigenvalue weighted by atomic mass is 79.9. The summed E-state index contributed by atoms with van der Waals surface area (Å²) in [5.41, 5.74) is 1.32. The molecule has 0 aliphatic heterocycles. The van der Waals surface area contributed by atoms with Crippen molar-refractivity contribution in [1.82, 2.24) is 5.32 Å². The van der Waals surface area contributed by atoms with Crippen LogP contribution in [0.2, 0.25) is 0 Å². The molecule has 2 atom stereocenters. The summed E-state index contributed by atoms with van der Waals surface area (Å²) in [6.07, 6.45) is 3.48. The molecule has 0 amide bonds. The van der Waals surface area contributed by atoms with Crippen LogP contribution in [-0.4, -0.2) is 13.7 Å². The molecule has 19 heavy (non-hydrogen) atoms. The molecular formula is C16H26BrNO. The highest BCUT2D eigenvalue weighted by Gasteiger charge is 2.17. The van der Waals surface area contributed by atoms with Gasteiger partial charge in [-0.15, -0.1) is 0 Å². The Hall–Kier alpha value is -0.540. The SMILES string of the molecule is CCCOc1ccc(C(NC)C(C)CCC)cc1Br. The first-order chi connectivity index (χ1) is 9.13. The summed E-state index contributed by atoms with van der Waals surface area (Å²) >= 11 is 3.61. The smallest absolute Gasteiger partial charge is 0.133 e. The molecular weight excluding hydrogens is 302 g/mol. The maximum atomic E-state index is 5.70. The lowest BCUT2D eigenvalue weighted by molar-refractivity contribution is 0.315. The second-order valence-corrected chi connectivity index (χ2v) is 5.92. The zero-order valence-electron chi connectivity index (χ0n) is 12.5. The summed E-state index contributed by atoms with van der Waals surface area (Å²) in [6, 6.07) is 6.82. The van der Waals surface area contributed by atoms with Gasteiger partial charge in [0.25, 0.3) is 0 Å². The molecule has 2 unspecified atom stereocenters. The zero-order chi connectivity index (χ0) is 14.3. The summed E-state index contributed by atoms with van der Waals surface area (Å²) < 4.78 is 6.74. The van der Waals surface area contributed by atoms with Crippen molar-refractivity contribution in [2.45, 2.75) is 46.1 Å². The molecule has 0 aromatic heterocycles. The summed E-state index contributed by atoms with van der Waals surface area (Å²) in [4.78, 5) is 0. The van der Waals surface area contributed by atoms with Crippen LogP contribution in [0.15, 0.2) is 22.7 Å². The molecule has 0 fully saturated rings. The third-order valence-corrected chi connectivity index (χ3v) is 4.02. The van der Waals surface area contributed by atoms with Gasteiger partial charge in [0.2, 0.25) is 0 Å². The van der Waals surface area contributed by atoms with E-state index in [2.05, 4.69) is 60.2 Å². The second kappa shape index (κ2) is 8.60. The Kier molecular flexibility index (Phi) is 7.47.